The molecule has 2 heterocycles. The van der Waals surface area contributed by atoms with Crippen molar-refractivity contribution in [2.24, 2.45) is 0 Å². The van der Waals surface area contributed by atoms with Crippen LogP contribution in [0.25, 0.3) is 0 Å². The number of hydrogen-bond donors (Lipinski definition) is 1. The minimum atomic E-state index is -0.379. The van der Waals surface area contributed by atoms with Gasteiger partial charge in [0.05, 0.1) is 4.47 Å². The summed E-state index contributed by atoms with van der Waals surface area (Å²) in [5, 5.41) is 3.46. The van der Waals surface area contributed by atoms with Gasteiger partial charge in [0.25, 0.3) is 5.91 Å². The Hall–Kier alpha value is -2.93. The van der Waals surface area contributed by atoms with E-state index in [4.69, 9.17) is 4.74 Å². The molecule has 0 aliphatic carbocycles. The van der Waals surface area contributed by atoms with E-state index in [1.54, 1.807) is 23.2 Å². The fourth-order valence-electron chi connectivity index (χ4n) is 3.30. The molecule has 1 fully saturated rings. The Balaban J connectivity index is 1.48. The lowest BCUT2D eigenvalue weighted by Crippen LogP contribution is -2.31. The molecule has 1 saturated heterocycles. The smallest absolute Gasteiger partial charge is 0.259 e. The fraction of sp³-hybridized carbons (Fsp3) is 0.182. The van der Waals surface area contributed by atoms with E-state index in [1.807, 2.05) is 30.3 Å². The van der Waals surface area contributed by atoms with Gasteiger partial charge in [0.1, 0.15) is 17.1 Å². The van der Waals surface area contributed by atoms with E-state index >= 15 is 0 Å². The lowest BCUT2D eigenvalue weighted by molar-refractivity contribution is 0.0788. The number of pyridine rings is 1. The van der Waals surface area contributed by atoms with E-state index < -0.39 is 0 Å². The Morgan fingerprint density at radius 1 is 1.17 bits per heavy atom. The maximum atomic E-state index is 13.3. The molecule has 1 atom stereocenters. The monoisotopic (exact) mass is 455 g/mol. The van der Waals surface area contributed by atoms with Crippen molar-refractivity contribution >= 4 is 27.5 Å². The Morgan fingerprint density at radius 2 is 2.00 bits per heavy atom. The summed E-state index contributed by atoms with van der Waals surface area (Å²) in [6.45, 7) is 1.25. The van der Waals surface area contributed by atoms with E-state index in [-0.39, 0.29) is 23.6 Å². The number of carbonyl (C=O) groups excluding carboxylic acids is 1. The highest BCUT2D eigenvalue weighted by atomic mass is 79.9. The van der Waals surface area contributed by atoms with Crippen LogP contribution in [0.3, 0.4) is 0 Å². The number of amides is 1. The van der Waals surface area contributed by atoms with Crippen LogP contribution in [0.4, 0.5) is 10.1 Å². The number of para-hydroxylation sites is 1. The summed E-state index contributed by atoms with van der Waals surface area (Å²) in [6, 6.07) is 17.6. The molecule has 1 unspecified atom stereocenters. The zero-order valence-corrected chi connectivity index (χ0v) is 17.1. The standard InChI is InChI=1S/C22H19BrFN3O2/c23-19-13-15(24)8-9-20(19)29-21-18(7-4-11-25-21)22(28)27-12-10-17(14-27)26-16-5-2-1-3-6-16/h1-9,11,13,17,26H,10,12,14H2. The van der Waals surface area contributed by atoms with E-state index in [0.717, 1.165) is 12.1 Å². The number of halogens is 2. The highest BCUT2D eigenvalue weighted by molar-refractivity contribution is 9.10. The number of benzene rings is 2. The molecule has 29 heavy (non-hydrogen) atoms. The quantitative estimate of drug-likeness (QED) is 0.581. The summed E-state index contributed by atoms with van der Waals surface area (Å²) in [5.74, 6) is 0.0766. The van der Waals surface area contributed by atoms with Gasteiger partial charge >= 0.3 is 0 Å². The number of hydrogen-bond acceptors (Lipinski definition) is 4. The lowest BCUT2D eigenvalue weighted by atomic mass is 10.2. The SMILES string of the molecule is O=C(c1cccnc1Oc1ccc(F)cc1Br)N1CCC(Nc2ccccc2)C1. The number of aromatic nitrogens is 1. The summed E-state index contributed by atoms with van der Waals surface area (Å²) in [6.07, 6.45) is 2.42. The number of ether oxygens (including phenoxy) is 1. The van der Waals surface area contributed by atoms with Crippen LogP contribution in [0.1, 0.15) is 16.8 Å². The van der Waals surface area contributed by atoms with Gasteiger partial charge in [-0.05, 0) is 64.8 Å². The molecule has 2 aromatic carbocycles. The van der Waals surface area contributed by atoms with Crippen molar-refractivity contribution in [3.05, 3.63) is 82.7 Å². The predicted molar refractivity (Wildman–Crippen MR) is 113 cm³/mol. The molecule has 1 N–H and O–H groups in total. The molecule has 3 aromatic rings. The van der Waals surface area contributed by atoms with Crippen molar-refractivity contribution in [3.63, 3.8) is 0 Å². The second-order valence-corrected chi connectivity index (χ2v) is 7.63. The van der Waals surface area contributed by atoms with Gasteiger partial charge in [-0.25, -0.2) is 9.37 Å². The Labute approximate surface area is 176 Å². The molecule has 148 valence electrons. The zero-order chi connectivity index (χ0) is 20.2. The number of anilines is 1. The first-order valence-electron chi connectivity index (χ1n) is 9.29. The molecular formula is C22H19BrFN3O2. The van der Waals surface area contributed by atoms with E-state index in [1.165, 1.54) is 18.2 Å². The van der Waals surface area contributed by atoms with Gasteiger partial charge in [-0.2, -0.15) is 0 Å². The van der Waals surface area contributed by atoms with Crippen molar-refractivity contribution in [2.45, 2.75) is 12.5 Å². The molecule has 0 radical (unpaired) electrons. The highest BCUT2D eigenvalue weighted by Gasteiger charge is 2.29. The maximum absolute atomic E-state index is 13.3. The molecule has 1 aliphatic heterocycles. The summed E-state index contributed by atoms with van der Waals surface area (Å²) >= 11 is 3.28. The molecule has 0 bridgehead atoms. The minimum Gasteiger partial charge on any atom is -0.437 e. The van der Waals surface area contributed by atoms with E-state index in [2.05, 4.69) is 26.2 Å². The fourth-order valence-corrected chi connectivity index (χ4v) is 3.73. The van der Waals surface area contributed by atoms with Gasteiger partial charge in [0.2, 0.25) is 5.88 Å². The third kappa shape index (κ3) is 4.56. The Kier molecular flexibility index (Phi) is 5.76. The second-order valence-electron chi connectivity index (χ2n) is 6.78. The van der Waals surface area contributed by atoms with Gasteiger partial charge in [0.15, 0.2) is 0 Å². The lowest BCUT2D eigenvalue weighted by Gasteiger charge is -2.19. The summed E-state index contributed by atoms with van der Waals surface area (Å²) in [7, 11) is 0. The van der Waals surface area contributed by atoms with Crippen molar-refractivity contribution in [3.8, 4) is 11.6 Å². The van der Waals surface area contributed by atoms with Crippen LogP contribution in [0.2, 0.25) is 0 Å². The Bertz CT molecular complexity index is 1020. The Morgan fingerprint density at radius 3 is 2.79 bits per heavy atom. The van der Waals surface area contributed by atoms with Gasteiger partial charge < -0.3 is 15.0 Å². The van der Waals surface area contributed by atoms with Crippen LogP contribution in [0, 0.1) is 5.82 Å². The van der Waals surface area contributed by atoms with Gasteiger partial charge in [0, 0.05) is 31.0 Å². The molecule has 0 saturated carbocycles. The zero-order valence-electron chi connectivity index (χ0n) is 15.5. The van der Waals surface area contributed by atoms with Crippen LogP contribution < -0.4 is 10.1 Å². The molecule has 5 nitrogen and oxygen atoms in total. The highest BCUT2D eigenvalue weighted by Crippen LogP contribution is 2.31. The topological polar surface area (TPSA) is 54.5 Å². The van der Waals surface area contributed by atoms with Crippen LogP contribution in [-0.2, 0) is 0 Å². The molecule has 1 amide bonds. The average molecular weight is 456 g/mol. The van der Waals surface area contributed by atoms with Gasteiger partial charge in [-0.1, -0.05) is 18.2 Å². The van der Waals surface area contributed by atoms with E-state index in [9.17, 15) is 9.18 Å². The van der Waals surface area contributed by atoms with Crippen LogP contribution in [-0.4, -0.2) is 34.9 Å². The number of carbonyl (C=O) groups is 1. The number of nitrogens with zero attached hydrogens (tertiary/aromatic N) is 2. The van der Waals surface area contributed by atoms with Crippen LogP contribution in [0.15, 0.2) is 71.3 Å². The second kappa shape index (κ2) is 8.61. The maximum Gasteiger partial charge on any atom is 0.259 e. The number of rotatable bonds is 5. The molecule has 1 aliphatic rings. The number of nitrogens with one attached hydrogen (secondary N) is 1. The van der Waals surface area contributed by atoms with Crippen molar-refractivity contribution in [1.29, 1.82) is 0 Å². The average Bonchev–Trinajstić information content (AvgIpc) is 3.19. The summed E-state index contributed by atoms with van der Waals surface area (Å²) in [4.78, 5) is 19.1. The molecule has 1 aromatic heterocycles. The summed E-state index contributed by atoms with van der Waals surface area (Å²) < 4.78 is 19.6. The summed E-state index contributed by atoms with van der Waals surface area (Å²) in [5.41, 5.74) is 1.42. The van der Waals surface area contributed by atoms with Crippen molar-refractivity contribution < 1.29 is 13.9 Å². The minimum absolute atomic E-state index is 0.135. The van der Waals surface area contributed by atoms with E-state index in [0.29, 0.717) is 28.9 Å². The predicted octanol–water partition coefficient (Wildman–Crippen LogP) is 5.10. The normalized spacial score (nSPS) is 15.9. The van der Waals surface area contributed by atoms with Gasteiger partial charge in [-0.3, -0.25) is 4.79 Å². The first-order chi connectivity index (χ1) is 14.1. The van der Waals surface area contributed by atoms with Crippen LogP contribution in [0.5, 0.6) is 11.6 Å². The third-order valence-corrected chi connectivity index (χ3v) is 5.34. The number of likely N-dealkylation sites (tertiary alicyclic amines) is 1. The van der Waals surface area contributed by atoms with Crippen molar-refractivity contribution in [2.75, 3.05) is 18.4 Å². The molecule has 0 spiro atoms. The van der Waals surface area contributed by atoms with Crippen molar-refractivity contribution in [1.82, 2.24) is 9.88 Å². The molecule has 4 rings (SSSR count). The first kappa shape index (κ1) is 19.4. The molecule has 7 heteroatoms. The van der Waals surface area contributed by atoms with Gasteiger partial charge in [-0.15, -0.1) is 0 Å². The van der Waals surface area contributed by atoms with Crippen LogP contribution >= 0.6 is 15.9 Å². The largest absolute Gasteiger partial charge is 0.437 e. The molecular weight excluding hydrogens is 437 g/mol. The third-order valence-electron chi connectivity index (χ3n) is 4.72. The first-order valence-corrected chi connectivity index (χ1v) is 10.1.